The molecule has 14 heavy (non-hydrogen) atoms. The van der Waals surface area contributed by atoms with Gasteiger partial charge in [-0.25, -0.2) is 4.79 Å². The number of esters is 1. The summed E-state index contributed by atoms with van der Waals surface area (Å²) in [5, 5.41) is 9.14. The quantitative estimate of drug-likeness (QED) is 0.445. The van der Waals surface area contributed by atoms with Crippen LogP contribution in [0.3, 0.4) is 0 Å². The minimum Gasteiger partial charge on any atom is -0.465 e. The van der Waals surface area contributed by atoms with E-state index < -0.39 is 5.97 Å². The minimum atomic E-state index is -0.473. The Morgan fingerprint density at radius 1 is 1.64 bits per heavy atom. The molecule has 0 amide bonds. The lowest BCUT2D eigenvalue weighted by Gasteiger charge is -2.03. The van der Waals surface area contributed by atoms with E-state index in [0.29, 0.717) is 10.6 Å². The van der Waals surface area contributed by atoms with Gasteiger partial charge in [-0.05, 0) is 12.8 Å². The van der Waals surface area contributed by atoms with E-state index in [-0.39, 0.29) is 12.5 Å². The van der Waals surface area contributed by atoms with Crippen LogP contribution in [-0.2, 0) is 9.53 Å². The fourth-order valence-electron chi connectivity index (χ4n) is 0.755. The van der Waals surface area contributed by atoms with Crippen molar-refractivity contribution in [1.29, 1.82) is 0 Å². The van der Waals surface area contributed by atoms with Crippen molar-refractivity contribution in [3.63, 3.8) is 0 Å². The number of aliphatic hydroxyl groups excluding tert-OH is 1. The van der Waals surface area contributed by atoms with Crippen LogP contribution in [0.4, 0.5) is 0 Å². The number of halogens is 1. The van der Waals surface area contributed by atoms with Crippen LogP contribution in [0.1, 0.15) is 13.8 Å². The van der Waals surface area contributed by atoms with Crippen LogP contribution in [0.5, 0.6) is 0 Å². The third kappa shape index (κ3) is 4.44. The van der Waals surface area contributed by atoms with Gasteiger partial charge in [0.25, 0.3) is 0 Å². The second kappa shape index (κ2) is 6.62. The fraction of sp³-hybridized carbons (Fsp3) is 0.500. The Kier molecular flexibility index (Phi) is 6.25. The first-order valence-corrected chi connectivity index (χ1v) is 4.64. The first-order valence-electron chi connectivity index (χ1n) is 4.26. The predicted octanol–water partition coefficient (Wildman–Crippen LogP) is 1.86. The summed E-state index contributed by atoms with van der Waals surface area (Å²) in [5.74, 6) is -0.482. The maximum atomic E-state index is 11.2. The molecule has 3 nitrogen and oxygen atoms in total. The number of methoxy groups -OCH3 is 1. The van der Waals surface area contributed by atoms with E-state index in [1.165, 1.54) is 7.11 Å². The monoisotopic (exact) mass is 218 g/mol. The second-order valence-corrected chi connectivity index (χ2v) is 3.52. The number of allylic oxidation sites excluding steroid dienone is 1. The Bertz CT molecular complexity index is 252. The lowest BCUT2D eigenvalue weighted by molar-refractivity contribution is -0.135. The number of carbonyl (C=O) groups excluding carboxylic acids is 1. The predicted molar refractivity (Wildman–Crippen MR) is 56.0 cm³/mol. The smallest absolute Gasteiger partial charge is 0.339 e. The highest BCUT2D eigenvalue weighted by molar-refractivity contribution is 6.31. The third-order valence-electron chi connectivity index (χ3n) is 1.66. The minimum absolute atomic E-state index is 0.00864. The normalized spacial score (nSPS) is 15.2. The summed E-state index contributed by atoms with van der Waals surface area (Å²) in [6.07, 6.45) is 3.27. The van der Waals surface area contributed by atoms with E-state index >= 15 is 0 Å². The molecule has 0 aromatic heterocycles. The molecule has 0 saturated heterocycles. The summed E-state index contributed by atoms with van der Waals surface area (Å²) in [6.45, 7) is 3.48. The molecule has 0 aliphatic rings. The topological polar surface area (TPSA) is 46.5 Å². The highest BCUT2D eigenvalue weighted by Gasteiger charge is 2.09. The standard InChI is InChI=1S/C10H15ClO3/c1-7(6-12)4-5-9(8(2)11)10(13)14-3/h4-5,7,12H,6H2,1-3H3/b5-4-,9-8-. The average molecular weight is 219 g/mol. The molecule has 0 aliphatic heterocycles. The molecule has 1 unspecified atom stereocenters. The van der Waals surface area contributed by atoms with Gasteiger partial charge >= 0.3 is 5.97 Å². The molecule has 80 valence electrons. The van der Waals surface area contributed by atoms with Crippen molar-refractivity contribution in [3.05, 3.63) is 22.8 Å². The summed E-state index contributed by atoms with van der Waals surface area (Å²) >= 11 is 5.71. The van der Waals surface area contributed by atoms with Gasteiger partial charge < -0.3 is 9.84 Å². The van der Waals surface area contributed by atoms with Crippen LogP contribution >= 0.6 is 11.6 Å². The lowest BCUT2D eigenvalue weighted by atomic mass is 10.1. The van der Waals surface area contributed by atoms with Gasteiger partial charge in [0.2, 0.25) is 0 Å². The molecule has 0 aromatic rings. The van der Waals surface area contributed by atoms with E-state index in [4.69, 9.17) is 16.7 Å². The Labute approximate surface area is 89.0 Å². The molecule has 1 atom stereocenters. The largest absolute Gasteiger partial charge is 0.465 e. The van der Waals surface area contributed by atoms with Crippen LogP contribution in [0.15, 0.2) is 22.8 Å². The summed E-state index contributed by atoms with van der Waals surface area (Å²) in [6, 6.07) is 0. The first-order chi connectivity index (χ1) is 6.52. The number of hydrogen-bond donors (Lipinski definition) is 1. The number of rotatable bonds is 4. The zero-order valence-electron chi connectivity index (χ0n) is 8.58. The number of carbonyl (C=O) groups is 1. The van der Waals surface area contributed by atoms with Crippen molar-refractivity contribution in [2.45, 2.75) is 13.8 Å². The van der Waals surface area contributed by atoms with Crippen LogP contribution in [0, 0.1) is 5.92 Å². The van der Waals surface area contributed by atoms with Gasteiger partial charge in [0.15, 0.2) is 0 Å². The van der Waals surface area contributed by atoms with E-state index in [9.17, 15) is 4.79 Å². The van der Waals surface area contributed by atoms with E-state index in [2.05, 4.69) is 4.74 Å². The van der Waals surface area contributed by atoms with E-state index in [1.807, 2.05) is 6.92 Å². The maximum absolute atomic E-state index is 11.2. The van der Waals surface area contributed by atoms with Gasteiger partial charge in [0.05, 0.1) is 12.7 Å². The van der Waals surface area contributed by atoms with Crippen molar-refractivity contribution in [2.75, 3.05) is 13.7 Å². The Balaban J connectivity index is 4.65. The van der Waals surface area contributed by atoms with Gasteiger partial charge in [-0.3, -0.25) is 0 Å². The molecular formula is C10H15ClO3. The summed E-state index contributed by atoms with van der Waals surface area (Å²) in [4.78, 5) is 11.2. The van der Waals surface area contributed by atoms with Crippen molar-refractivity contribution in [2.24, 2.45) is 5.92 Å². The number of ether oxygens (including phenoxy) is 1. The maximum Gasteiger partial charge on any atom is 0.339 e. The zero-order valence-corrected chi connectivity index (χ0v) is 9.34. The molecule has 0 aromatic carbocycles. The fourth-order valence-corrected chi connectivity index (χ4v) is 0.895. The third-order valence-corrected chi connectivity index (χ3v) is 1.86. The molecule has 0 radical (unpaired) electrons. The van der Waals surface area contributed by atoms with Crippen molar-refractivity contribution in [1.82, 2.24) is 0 Å². The Morgan fingerprint density at radius 3 is 2.57 bits per heavy atom. The molecule has 0 heterocycles. The molecular weight excluding hydrogens is 204 g/mol. The van der Waals surface area contributed by atoms with Crippen LogP contribution in [0.2, 0.25) is 0 Å². The zero-order chi connectivity index (χ0) is 11.1. The van der Waals surface area contributed by atoms with Crippen molar-refractivity contribution >= 4 is 17.6 Å². The Morgan fingerprint density at radius 2 is 2.21 bits per heavy atom. The van der Waals surface area contributed by atoms with Gasteiger partial charge in [-0.15, -0.1) is 0 Å². The summed E-state index contributed by atoms with van der Waals surface area (Å²) in [7, 11) is 1.30. The van der Waals surface area contributed by atoms with Crippen molar-refractivity contribution in [3.8, 4) is 0 Å². The number of aliphatic hydroxyl groups is 1. The highest BCUT2D eigenvalue weighted by Crippen LogP contribution is 2.12. The molecule has 0 saturated carbocycles. The van der Waals surface area contributed by atoms with E-state index in [0.717, 1.165) is 0 Å². The number of hydrogen-bond acceptors (Lipinski definition) is 3. The average Bonchev–Trinajstić information content (AvgIpc) is 2.16. The molecule has 0 bridgehead atoms. The van der Waals surface area contributed by atoms with E-state index in [1.54, 1.807) is 19.1 Å². The molecule has 0 aliphatic carbocycles. The van der Waals surface area contributed by atoms with Gasteiger partial charge in [0, 0.05) is 11.6 Å². The Hall–Kier alpha value is -0.800. The molecule has 0 rings (SSSR count). The summed E-state index contributed by atoms with van der Waals surface area (Å²) in [5.41, 5.74) is 0.314. The highest BCUT2D eigenvalue weighted by atomic mass is 35.5. The molecule has 4 heteroatoms. The molecule has 0 fully saturated rings. The first kappa shape index (κ1) is 13.2. The molecule has 1 N–H and O–H groups in total. The lowest BCUT2D eigenvalue weighted by Crippen LogP contribution is -2.04. The van der Waals surface area contributed by atoms with Crippen LogP contribution in [-0.4, -0.2) is 24.8 Å². The van der Waals surface area contributed by atoms with Gasteiger partial charge in [0.1, 0.15) is 0 Å². The van der Waals surface area contributed by atoms with Crippen LogP contribution < -0.4 is 0 Å². The van der Waals surface area contributed by atoms with Gasteiger partial charge in [-0.2, -0.15) is 0 Å². The van der Waals surface area contributed by atoms with Crippen LogP contribution in [0.25, 0.3) is 0 Å². The van der Waals surface area contributed by atoms with Crippen molar-refractivity contribution < 1.29 is 14.6 Å². The van der Waals surface area contributed by atoms with Gasteiger partial charge in [-0.1, -0.05) is 30.7 Å². The second-order valence-electron chi connectivity index (χ2n) is 2.96. The molecule has 0 spiro atoms. The SMILES string of the molecule is COC(=O)C(/C=C\C(C)CO)=C(/C)Cl. The summed E-state index contributed by atoms with van der Waals surface area (Å²) < 4.78 is 4.54.